The molecule has 0 spiro atoms. The zero-order chi connectivity index (χ0) is 16.7. The molecule has 0 amide bonds. The van der Waals surface area contributed by atoms with E-state index in [1.165, 1.54) is 30.6 Å². The lowest BCUT2D eigenvalue weighted by Crippen LogP contribution is -1.82. The molecule has 3 heteroatoms. The van der Waals surface area contributed by atoms with Gasteiger partial charge in [0.25, 0.3) is 0 Å². The number of thiophene rings is 1. The monoisotopic (exact) mass is 335 g/mol. The van der Waals surface area contributed by atoms with Gasteiger partial charge in [0.2, 0.25) is 0 Å². The van der Waals surface area contributed by atoms with Crippen molar-refractivity contribution in [2.24, 2.45) is 0 Å². The number of fused-ring (bicyclic) bond motifs is 3. The molecule has 1 unspecified atom stereocenters. The van der Waals surface area contributed by atoms with Crippen molar-refractivity contribution in [1.82, 2.24) is 0 Å². The number of methoxy groups -OCH3 is 2. The Morgan fingerprint density at radius 2 is 1.38 bits per heavy atom. The van der Waals surface area contributed by atoms with E-state index in [4.69, 9.17) is 9.47 Å². The first-order valence-electron chi connectivity index (χ1n) is 7.88. The van der Waals surface area contributed by atoms with Crippen molar-refractivity contribution in [3.8, 4) is 16.4 Å². The summed E-state index contributed by atoms with van der Waals surface area (Å²) in [6, 6.07) is 21.5. The molecule has 4 rings (SSSR count). The Morgan fingerprint density at radius 3 is 2.12 bits per heavy atom. The summed E-state index contributed by atoms with van der Waals surface area (Å²) < 4.78 is 13.6. The Morgan fingerprint density at radius 1 is 0.708 bits per heavy atom. The fraction of sp³-hybridized carbons (Fsp3) is 0.143. The highest BCUT2D eigenvalue weighted by Crippen LogP contribution is 2.50. The van der Waals surface area contributed by atoms with Crippen molar-refractivity contribution in [3.63, 3.8) is 0 Å². The highest BCUT2D eigenvalue weighted by atomic mass is 32.2. The third-order valence-electron chi connectivity index (χ3n) is 4.33. The predicted octanol–water partition coefficient (Wildman–Crippen LogP) is 6.06. The van der Waals surface area contributed by atoms with Crippen molar-refractivity contribution in [2.45, 2.75) is 6.92 Å². The molecule has 0 aliphatic rings. The van der Waals surface area contributed by atoms with E-state index in [-0.39, 0.29) is 10.5 Å². The van der Waals surface area contributed by atoms with Crippen LogP contribution >= 0.6 is 10.5 Å². The smallest absolute Gasteiger partial charge is 0.191 e. The Balaban J connectivity index is 2.14. The highest BCUT2D eigenvalue weighted by molar-refractivity contribution is 7.50. The van der Waals surface area contributed by atoms with E-state index < -0.39 is 0 Å². The molecule has 1 atom stereocenters. The SMILES string of the molecule is COc1cccc(-[s+]2c3cc(C)ccc3c3ccc(OC)cc32)c1. The number of ether oxygens (including phenoxy) is 2. The van der Waals surface area contributed by atoms with E-state index in [1.54, 1.807) is 14.2 Å². The Kier molecular flexibility index (Phi) is 3.66. The summed E-state index contributed by atoms with van der Waals surface area (Å²) in [4.78, 5) is 1.27. The third kappa shape index (κ3) is 2.33. The maximum Gasteiger partial charge on any atom is 0.191 e. The Hall–Kier alpha value is -2.52. The lowest BCUT2D eigenvalue weighted by molar-refractivity contribution is 0.415. The number of hydrogen-bond acceptors (Lipinski definition) is 2. The summed E-state index contributed by atoms with van der Waals surface area (Å²) in [7, 11) is 3.30. The lowest BCUT2D eigenvalue weighted by atomic mass is 10.1. The molecule has 3 aromatic carbocycles. The number of rotatable bonds is 3. The maximum atomic E-state index is 5.47. The molecule has 0 radical (unpaired) electrons. The van der Waals surface area contributed by atoms with Crippen LogP contribution in [0.1, 0.15) is 5.56 Å². The van der Waals surface area contributed by atoms with Gasteiger partial charge < -0.3 is 9.47 Å². The molecule has 0 N–H and O–H groups in total. The average molecular weight is 335 g/mol. The minimum absolute atomic E-state index is 0.135. The van der Waals surface area contributed by atoms with Crippen LogP contribution in [0, 0.1) is 6.92 Å². The molecule has 4 aromatic rings. The molecule has 1 heterocycles. The van der Waals surface area contributed by atoms with E-state index in [9.17, 15) is 0 Å². The molecule has 24 heavy (non-hydrogen) atoms. The van der Waals surface area contributed by atoms with E-state index >= 15 is 0 Å². The molecule has 0 aliphatic carbocycles. The second-order valence-electron chi connectivity index (χ2n) is 5.85. The molecule has 0 saturated heterocycles. The Bertz CT molecular complexity index is 1050. The quantitative estimate of drug-likeness (QED) is 0.424. The first-order chi connectivity index (χ1) is 11.7. The van der Waals surface area contributed by atoms with Crippen molar-refractivity contribution in [2.75, 3.05) is 14.2 Å². The minimum atomic E-state index is -0.135. The fourth-order valence-corrected chi connectivity index (χ4v) is 5.67. The largest absolute Gasteiger partial charge is 0.497 e. The zero-order valence-corrected chi connectivity index (χ0v) is 14.8. The van der Waals surface area contributed by atoms with E-state index in [0.717, 1.165) is 11.5 Å². The predicted molar refractivity (Wildman–Crippen MR) is 103 cm³/mol. The number of hydrogen-bond donors (Lipinski definition) is 0. The summed E-state index contributed by atoms with van der Waals surface area (Å²) in [6.07, 6.45) is 0. The summed E-state index contributed by atoms with van der Waals surface area (Å²) in [5, 5.41) is 2.63. The minimum Gasteiger partial charge on any atom is -0.497 e. The van der Waals surface area contributed by atoms with Crippen LogP contribution in [-0.4, -0.2) is 14.2 Å². The van der Waals surface area contributed by atoms with Crippen LogP contribution in [0.4, 0.5) is 0 Å². The van der Waals surface area contributed by atoms with Crippen LogP contribution in [0.25, 0.3) is 25.1 Å². The van der Waals surface area contributed by atoms with Crippen LogP contribution < -0.4 is 9.47 Å². The standard InChI is InChI=1S/C21H19O2S/c1-14-7-9-18-19-10-8-16(23-3)13-21(19)24(20(18)11-14)17-6-4-5-15(12-17)22-2/h4-13H,1-3H3/q+1. The second-order valence-corrected chi connectivity index (χ2v) is 7.81. The zero-order valence-electron chi connectivity index (χ0n) is 14.0. The van der Waals surface area contributed by atoms with Crippen molar-refractivity contribution >= 4 is 30.6 Å². The normalized spacial score (nSPS) is 11.9. The average Bonchev–Trinajstić information content (AvgIpc) is 2.94. The molecule has 0 aliphatic heterocycles. The maximum absolute atomic E-state index is 5.47. The molecular formula is C21H19O2S+. The van der Waals surface area contributed by atoms with Gasteiger partial charge >= 0.3 is 0 Å². The van der Waals surface area contributed by atoms with Gasteiger partial charge in [0.05, 0.1) is 14.2 Å². The first-order valence-corrected chi connectivity index (χ1v) is 9.11. The molecule has 2 nitrogen and oxygen atoms in total. The summed E-state index contributed by atoms with van der Waals surface area (Å²) >= 11 is 0. The van der Waals surface area contributed by atoms with Crippen LogP contribution in [0.15, 0.2) is 60.7 Å². The van der Waals surface area contributed by atoms with Gasteiger partial charge in [-0.05, 0) is 42.8 Å². The summed E-state index contributed by atoms with van der Waals surface area (Å²) in [5.41, 5.74) is 1.29. The van der Waals surface area contributed by atoms with Crippen molar-refractivity contribution in [1.29, 1.82) is 0 Å². The topological polar surface area (TPSA) is 18.5 Å². The first kappa shape index (κ1) is 15.0. The van der Waals surface area contributed by atoms with Gasteiger partial charge in [-0.15, -0.1) is 0 Å². The van der Waals surface area contributed by atoms with Crippen molar-refractivity contribution < 1.29 is 9.47 Å². The van der Waals surface area contributed by atoms with Gasteiger partial charge in [0.15, 0.2) is 14.3 Å². The third-order valence-corrected chi connectivity index (χ3v) is 6.61. The van der Waals surface area contributed by atoms with Crippen LogP contribution in [0.3, 0.4) is 0 Å². The molecule has 120 valence electrons. The van der Waals surface area contributed by atoms with Gasteiger partial charge in [-0.2, -0.15) is 0 Å². The van der Waals surface area contributed by atoms with Gasteiger partial charge in [-0.25, -0.2) is 0 Å². The van der Waals surface area contributed by atoms with Gasteiger partial charge in [-0.3, -0.25) is 0 Å². The molecule has 0 fully saturated rings. The van der Waals surface area contributed by atoms with Crippen LogP contribution in [0.5, 0.6) is 11.5 Å². The van der Waals surface area contributed by atoms with E-state index in [0.29, 0.717) is 0 Å². The van der Waals surface area contributed by atoms with Crippen LogP contribution in [-0.2, 0) is 0 Å². The number of benzene rings is 3. The molecule has 0 bridgehead atoms. The van der Waals surface area contributed by atoms with Crippen LogP contribution in [0.2, 0.25) is 0 Å². The molecular weight excluding hydrogens is 316 g/mol. The number of aryl methyl sites for hydroxylation is 1. The Labute approximate surface area is 144 Å². The highest BCUT2D eigenvalue weighted by Gasteiger charge is 2.24. The summed E-state index contributed by atoms with van der Waals surface area (Å²) in [5.74, 6) is 1.80. The van der Waals surface area contributed by atoms with Gasteiger partial charge in [0.1, 0.15) is 11.5 Å². The summed E-state index contributed by atoms with van der Waals surface area (Å²) in [6.45, 7) is 2.15. The molecule has 1 aromatic heterocycles. The van der Waals surface area contributed by atoms with Gasteiger partial charge in [0, 0.05) is 39.4 Å². The van der Waals surface area contributed by atoms with Gasteiger partial charge in [-0.1, -0.05) is 12.1 Å². The van der Waals surface area contributed by atoms with Crippen molar-refractivity contribution in [3.05, 3.63) is 66.2 Å². The second kappa shape index (κ2) is 5.84. The van der Waals surface area contributed by atoms with E-state index in [1.807, 2.05) is 12.1 Å². The van der Waals surface area contributed by atoms with E-state index in [2.05, 4.69) is 55.5 Å². The fourth-order valence-electron chi connectivity index (χ4n) is 3.14. The lowest BCUT2D eigenvalue weighted by Gasteiger charge is -2.00. The molecule has 0 saturated carbocycles.